The maximum absolute atomic E-state index is 13.1. The van der Waals surface area contributed by atoms with Crippen LogP contribution < -0.4 is 0 Å². The van der Waals surface area contributed by atoms with Gasteiger partial charge in [0.05, 0.1) is 27.2 Å². The van der Waals surface area contributed by atoms with Crippen molar-refractivity contribution >= 4 is 46.6 Å². The largest absolute Gasteiger partial charge is 0.416 e. The van der Waals surface area contributed by atoms with Crippen molar-refractivity contribution in [1.82, 2.24) is 9.78 Å². The molecule has 0 saturated heterocycles. The molecule has 0 aliphatic heterocycles. The Morgan fingerprint density at radius 1 is 1.22 bits per heavy atom. The second-order valence-electron chi connectivity index (χ2n) is 4.13. The van der Waals surface area contributed by atoms with Crippen molar-refractivity contribution in [2.24, 2.45) is 0 Å². The van der Waals surface area contributed by atoms with Crippen molar-refractivity contribution in [3.05, 3.63) is 40.7 Å². The van der Waals surface area contributed by atoms with Gasteiger partial charge in [-0.2, -0.15) is 27.9 Å². The van der Waals surface area contributed by atoms with Crippen LogP contribution in [0.25, 0.3) is 5.69 Å². The van der Waals surface area contributed by atoms with Gasteiger partial charge in [0, 0.05) is 6.20 Å². The van der Waals surface area contributed by atoms with Gasteiger partial charge in [-0.1, -0.05) is 34.8 Å². The van der Waals surface area contributed by atoms with E-state index >= 15 is 0 Å². The number of thioether (sulfide) groups is 1. The Hall–Kier alpha value is -1.14. The second-order valence-corrected chi connectivity index (χ2v) is 7.46. The topological polar surface area (TPSA) is 41.6 Å². The molecule has 2 aromatic rings. The summed E-state index contributed by atoms with van der Waals surface area (Å²) in [5.74, 6) is 0. The summed E-state index contributed by atoms with van der Waals surface area (Å²) in [5, 5.41) is 12.6. The van der Waals surface area contributed by atoms with E-state index in [9.17, 15) is 17.6 Å². The first kappa shape index (κ1) is 18.2. The van der Waals surface area contributed by atoms with Crippen LogP contribution >= 0.6 is 46.6 Å². The molecule has 0 unspecified atom stereocenters. The Kier molecular flexibility index (Phi) is 5.06. The van der Waals surface area contributed by atoms with Crippen LogP contribution in [0, 0.1) is 11.3 Å². The fourth-order valence-corrected chi connectivity index (χ4v) is 3.06. The van der Waals surface area contributed by atoms with Crippen molar-refractivity contribution in [2.45, 2.75) is 15.0 Å². The maximum atomic E-state index is 13.1. The van der Waals surface area contributed by atoms with E-state index in [0.717, 1.165) is 4.68 Å². The molecule has 0 spiro atoms. The van der Waals surface area contributed by atoms with E-state index in [2.05, 4.69) is 5.10 Å². The molecule has 3 nitrogen and oxygen atoms in total. The number of nitriles is 1. The van der Waals surface area contributed by atoms with Gasteiger partial charge in [0.1, 0.15) is 11.8 Å². The van der Waals surface area contributed by atoms with Crippen molar-refractivity contribution in [3.8, 4) is 11.8 Å². The van der Waals surface area contributed by atoms with Gasteiger partial charge in [-0.15, -0.1) is 0 Å². The molecule has 0 amide bonds. The summed E-state index contributed by atoms with van der Waals surface area (Å²) in [6.45, 7) is 0. The van der Waals surface area contributed by atoms with Crippen LogP contribution in [0.4, 0.5) is 17.6 Å². The standard InChI is InChI=1S/C12H4Cl3F4N3S/c13-9-2-7(11(16,17)18)1-6(3-20)10(9)22-5-8(4-21-22)23-12(14,15)19/h1-2,4-5H. The number of aromatic nitrogens is 2. The molecule has 0 saturated carbocycles. The molecule has 0 bridgehead atoms. The number of hydrogen-bond acceptors (Lipinski definition) is 3. The molecular formula is C12H4Cl3F4N3S. The fraction of sp³-hybridized carbons (Fsp3) is 0.167. The first-order chi connectivity index (χ1) is 10.5. The summed E-state index contributed by atoms with van der Waals surface area (Å²) in [4.78, 5) is 0.192. The summed E-state index contributed by atoms with van der Waals surface area (Å²) in [6.07, 6.45) is -2.23. The lowest BCUT2D eigenvalue weighted by molar-refractivity contribution is -0.137. The first-order valence-electron chi connectivity index (χ1n) is 5.63. The van der Waals surface area contributed by atoms with E-state index in [-0.39, 0.29) is 21.2 Å². The van der Waals surface area contributed by atoms with E-state index < -0.39 is 15.7 Å². The summed E-state index contributed by atoms with van der Waals surface area (Å²) in [7, 11) is 0. The van der Waals surface area contributed by atoms with Gasteiger partial charge >= 0.3 is 10.1 Å². The lowest BCUT2D eigenvalue weighted by atomic mass is 10.1. The minimum absolute atomic E-state index is 0.0670. The number of alkyl halides is 6. The highest BCUT2D eigenvalue weighted by molar-refractivity contribution is 8.03. The quantitative estimate of drug-likeness (QED) is 0.382. The molecule has 122 valence electrons. The van der Waals surface area contributed by atoms with Gasteiger partial charge in [0.15, 0.2) is 0 Å². The second kappa shape index (κ2) is 6.40. The zero-order valence-corrected chi connectivity index (χ0v) is 13.8. The van der Waals surface area contributed by atoms with E-state index in [0.29, 0.717) is 23.9 Å². The van der Waals surface area contributed by atoms with E-state index in [1.165, 1.54) is 12.4 Å². The lowest BCUT2D eigenvalue weighted by Crippen LogP contribution is -2.08. The van der Waals surface area contributed by atoms with Crippen molar-refractivity contribution in [2.75, 3.05) is 0 Å². The van der Waals surface area contributed by atoms with Gasteiger partial charge in [-0.05, 0) is 23.9 Å². The summed E-state index contributed by atoms with van der Waals surface area (Å²) < 4.78 is 49.8. The fourth-order valence-electron chi connectivity index (χ4n) is 1.70. The third kappa shape index (κ3) is 4.44. The van der Waals surface area contributed by atoms with Gasteiger partial charge in [0.25, 0.3) is 0 Å². The molecule has 1 aromatic carbocycles. The summed E-state index contributed by atoms with van der Waals surface area (Å²) in [6, 6.07) is 2.95. The molecule has 11 heteroatoms. The van der Waals surface area contributed by atoms with Crippen LogP contribution in [0.1, 0.15) is 11.1 Å². The molecule has 0 atom stereocenters. The van der Waals surface area contributed by atoms with E-state index in [4.69, 9.17) is 40.1 Å². The minimum Gasteiger partial charge on any atom is -0.237 e. The van der Waals surface area contributed by atoms with Gasteiger partial charge in [-0.3, -0.25) is 0 Å². The van der Waals surface area contributed by atoms with Crippen LogP contribution in [0.5, 0.6) is 0 Å². The number of nitrogens with zero attached hydrogens (tertiary/aromatic N) is 3. The molecule has 1 heterocycles. The Morgan fingerprint density at radius 2 is 1.87 bits per heavy atom. The van der Waals surface area contributed by atoms with Crippen LogP contribution in [0.15, 0.2) is 29.4 Å². The smallest absolute Gasteiger partial charge is 0.237 e. The SMILES string of the molecule is N#Cc1cc(C(F)(F)F)cc(Cl)c1-n1cc(SC(F)(Cl)Cl)cn1. The highest BCUT2D eigenvalue weighted by Crippen LogP contribution is 2.42. The lowest BCUT2D eigenvalue weighted by Gasteiger charge is -2.12. The zero-order chi connectivity index (χ0) is 17.4. The van der Waals surface area contributed by atoms with Gasteiger partial charge in [0.2, 0.25) is 0 Å². The number of rotatable bonds is 3. The highest BCUT2D eigenvalue weighted by Gasteiger charge is 2.32. The van der Waals surface area contributed by atoms with Crippen LogP contribution in [0.3, 0.4) is 0 Å². The molecule has 23 heavy (non-hydrogen) atoms. The molecular weight excluding hydrogens is 401 g/mol. The Morgan fingerprint density at radius 3 is 2.39 bits per heavy atom. The Balaban J connectivity index is 2.50. The number of benzene rings is 1. The van der Waals surface area contributed by atoms with E-state index in [1.807, 2.05) is 0 Å². The number of halogens is 7. The number of hydrogen-bond donors (Lipinski definition) is 0. The predicted molar refractivity (Wildman–Crippen MR) is 79.7 cm³/mol. The molecule has 0 aliphatic rings. The summed E-state index contributed by atoms with van der Waals surface area (Å²) in [5.41, 5.74) is -1.47. The van der Waals surface area contributed by atoms with Crippen molar-refractivity contribution in [3.63, 3.8) is 0 Å². The maximum Gasteiger partial charge on any atom is 0.416 e. The summed E-state index contributed by atoms with van der Waals surface area (Å²) >= 11 is 16.7. The third-order valence-corrected chi connectivity index (χ3v) is 3.96. The minimum atomic E-state index is -4.65. The third-order valence-electron chi connectivity index (χ3n) is 2.53. The Labute approximate surface area is 146 Å². The molecule has 2 rings (SSSR count). The highest BCUT2D eigenvalue weighted by atomic mass is 35.5. The van der Waals surface area contributed by atoms with Gasteiger partial charge < -0.3 is 0 Å². The molecule has 0 N–H and O–H groups in total. The van der Waals surface area contributed by atoms with Crippen molar-refractivity contribution in [1.29, 1.82) is 5.26 Å². The Bertz CT molecular complexity index is 777. The average Bonchev–Trinajstić information content (AvgIpc) is 2.82. The van der Waals surface area contributed by atoms with E-state index in [1.54, 1.807) is 6.07 Å². The zero-order valence-electron chi connectivity index (χ0n) is 10.7. The normalized spacial score (nSPS) is 12.3. The van der Waals surface area contributed by atoms with Crippen molar-refractivity contribution < 1.29 is 17.6 Å². The van der Waals surface area contributed by atoms with Crippen LogP contribution in [-0.4, -0.2) is 13.7 Å². The first-order valence-corrected chi connectivity index (χ1v) is 7.58. The van der Waals surface area contributed by atoms with Crippen LogP contribution in [-0.2, 0) is 6.18 Å². The monoisotopic (exact) mass is 403 g/mol. The molecule has 0 fully saturated rings. The molecule has 0 aliphatic carbocycles. The average molecular weight is 405 g/mol. The van der Waals surface area contributed by atoms with Crippen LogP contribution in [0.2, 0.25) is 5.02 Å². The van der Waals surface area contributed by atoms with Gasteiger partial charge in [-0.25, -0.2) is 4.68 Å². The molecule has 1 aromatic heterocycles. The molecule has 0 radical (unpaired) electrons. The predicted octanol–water partition coefficient (Wildman–Crippen LogP) is 5.57.